The van der Waals surface area contributed by atoms with Crippen LogP contribution >= 0.6 is 0 Å². The van der Waals surface area contributed by atoms with E-state index >= 15 is 0 Å². The zero-order chi connectivity index (χ0) is 15.8. The second-order valence-electron chi connectivity index (χ2n) is 5.40. The number of hydrogen-bond acceptors (Lipinski definition) is 3. The fourth-order valence-electron chi connectivity index (χ4n) is 2.84. The number of rotatable bonds is 2. The summed E-state index contributed by atoms with van der Waals surface area (Å²) in [6.45, 7) is 0.707. The van der Waals surface area contributed by atoms with Crippen LogP contribution < -0.4 is 5.69 Å². The highest BCUT2D eigenvalue weighted by Crippen LogP contribution is 2.23. The summed E-state index contributed by atoms with van der Waals surface area (Å²) in [6, 6.07) is 15.2. The van der Waals surface area contributed by atoms with Gasteiger partial charge in [-0.3, -0.25) is 4.57 Å². The van der Waals surface area contributed by atoms with Gasteiger partial charge in [-0.25, -0.2) is 9.18 Å². The molecule has 0 amide bonds. The van der Waals surface area contributed by atoms with Gasteiger partial charge in [0.1, 0.15) is 12.4 Å². The van der Waals surface area contributed by atoms with E-state index in [-0.39, 0.29) is 24.2 Å². The van der Waals surface area contributed by atoms with Crippen molar-refractivity contribution in [1.82, 2.24) is 14.3 Å². The number of nitrogens with zero attached hydrogens (tertiary/aromatic N) is 3. The molecule has 6 heteroatoms. The predicted octanol–water partition coefficient (Wildman–Crippen LogP) is 2.29. The molecule has 1 atom stereocenters. The molecule has 0 fully saturated rings. The molecule has 0 N–H and O–H groups in total. The molecule has 5 nitrogen and oxygen atoms in total. The maximum atomic E-state index is 13.1. The molecule has 0 saturated carbocycles. The second kappa shape index (κ2) is 5.48. The second-order valence-corrected chi connectivity index (χ2v) is 5.40. The predicted molar refractivity (Wildman–Crippen MR) is 82.0 cm³/mol. The van der Waals surface area contributed by atoms with Crippen LogP contribution in [0, 0.1) is 5.82 Å². The van der Waals surface area contributed by atoms with Crippen LogP contribution in [0.4, 0.5) is 4.39 Å². The zero-order valence-electron chi connectivity index (χ0n) is 12.2. The van der Waals surface area contributed by atoms with Gasteiger partial charge in [-0.2, -0.15) is 4.68 Å². The number of fused-ring (bicyclic) bond motifs is 1. The SMILES string of the molecule is O=c1n(-c2ccc(F)cc2)nc2n1[C@H](c1ccccc1)COC2. The van der Waals surface area contributed by atoms with E-state index in [0.29, 0.717) is 18.1 Å². The summed E-state index contributed by atoms with van der Waals surface area (Å²) in [4.78, 5) is 12.8. The molecule has 1 aliphatic rings. The van der Waals surface area contributed by atoms with Gasteiger partial charge < -0.3 is 4.74 Å². The Morgan fingerprint density at radius 3 is 2.57 bits per heavy atom. The third kappa shape index (κ3) is 2.37. The van der Waals surface area contributed by atoms with Crippen LogP contribution in [0.15, 0.2) is 59.4 Å². The van der Waals surface area contributed by atoms with Gasteiger partial charge in [-0.1, -0.05) is 30.3 Å². The van der Waals surface area contributed by atoms with Crippen molar-refractivity contribution >= 4 is 0 Å². The van der Waals surface area contributed by atoms with Crippen LogP contribution in [0.25, 0.3) is 5.69 Å². The Kier molecular flexibility index (Phi) is 3.31. The molecule has 116 valence electrons. The third-order valence-corrected chi connectivity index (χ3v) is 3.95. The summed E-state index contributed by atoms with van der Waals surface area (Å²) in [7, 11) is 0. The largest absolute Gasteiger partial charge is 0.371 e. The lowest BCUT2D eigenvalue weighted by Crippen LogP contribution is -2.33. The van der Waals surface area contributed by atoms with Crippen LogP contribution in [-0.4, -0.2) is 21.0 Å². The zero-order valence-corrected chi connectivity index (χ0v) is 12.2. The fraction of sp³-hybridized carbons (Fsp3) is 0.176. The molecule has 0 radical (unpaired) electrons. The maximum Gasteiger partial charge on any atom is 0.351 e. The first kappa shape index (κ1) is 13.9. The van der Waals surface area contributed by atoms with E-state index in [9.17, 15) is 9.18 Å². The van der Waals surface area contributed by atoms with Gasteiger partial charge in [-0.15, -0.1) is 5.10 Å². The number of aromatic nitrogens is 3. The minimum absolute atomic E-state index is 0.207. The first-order chi connectivity index (χ1) is 11.2. The van der Waals surface area contributed by atoms with Gasteiger partial charge in [0.05, 0.1) is 18.3 Å². The quantitative estimate of drug-likeness (QED) is 0.729. The molecule has 0 saturated heterocycles. The van der Waals surface area contributed by atoms with Crippen molar-refractivity contribution < 1.29 is 9.13 Å². The Morgan fingerprint density at radius 2 is 1.83 bits per heavy atom. The van der Waals surface area contributed by atoms with E-state index in [1.807, 2.05) is 30.3 Å². The fourth-order valence-corrected chi connectivity index (χ4v) is 2.84. The molecular formula is C17H14FN3O2. The van der Waals surface area contributed by atoms with Crippen molar-refractivity contribution in [2.24, 2.45) is 0 Å². The molecule has 0 bridgehead atoms. The minimum atomic E-state index is -0.351. The van der Waals surface area contributed by atoms with Gasteiger partial charge in [0.25, 0.3) is 0 Å². The summed E-state index contributed by atoms with van der Waals surface area (Å²) >= 11 is 0. The van der Waals surface area contributed by atoms with E-state index in [1.54, 1.807) is 4.57 Å². The van der Waals surface area contributed by atoms with Crippen LogP contribution in [-0.2, 0) is 11.3 Å². The highest BCUT2D eigenvalue weighted by atomic mass is 19.1. The molecule has 0 unspecified atom stereocenters. The normalized spacial score (nSPS) is 17.0. The molecule has 1 aliphatic heterocycles. The molecule has 4 rings (SSSR count). The first-order valence-electron chi connectivity index (χ1n) is 7.33. The highest BCUT2D eigenvalue weighted by Gasteiger charge is 2.27. The number of ether oxygens (including phenoxy) is 1. The summed E-state index contributed by atoms with van der Waals surface area (Å²) in [5.41, 5.74) is 1.28. The van der Waals surface area contributed by atoms with Crippen molar-refractivity contribution in [3.8, 4) is 5.69 Å². The summed E-state index contributed by atoms with van der Waals surface area (Å²) < 4.78 is 21.6. The Labute approximate surface area is 131 Å². The van der Waals surface area contributed by atoms with E-state index < -0.39 is 0 Å². The third-order valence-electron chi connectivity index (χ3n) is 3.95. The highest BCUT2D eigenvalue weighted by molar-refractivity contribution is 5.31. The molecule has 1 aromatic heterocycles. The Bertz CT molecular complexity index is 884. The van der Waals surface area contributed by atoms with Gasteiger partial charge >= 0.3 is 5.69 Å². The van der Waals surface area contributed by atoms with Gasteiger partial charge in [-0.05, 0) is 29.8 Å². The number of benzene rings is 2. The van der Waals surface area contributed by atoms with Crippen LogP contribution in [0.3, 0.4) is 0 Å². The van der Waals surface area contributed by atoms with Gasteiger partial charge in [0.2, 0.25) is 0 Å². The van der Waals surface area contributed by atoms with Crippen molar-refractivity contribution in [2.75, 3.05) is 6.61 Å². The van der Waals surface area contributed by atoms with Crippen molar-refractivity contribution in [2.45, 2.75) is 12.6 Å². The lowest BCUT2D eigenvalue weighted by molar-refractivity contribution is 0.0651. The molecule has 2 heterocycles. The smallest absolute Gasteiger partial charge is 0.351 e. The lowest BCUT2D eigenvalue weighted by atomic mass is 10.1. The number of hydrogen-bond donors (Lipinski definition) is 0. The average Bonchev–Trinajstić information content (AvgIpc) is 2.93. The number of halogens is 1. The topological polar surface area (TPSA) is 49.0 Å². The first-order valence-corrected chi connectivity index (χ1v) is 7.33. The lowest BCUT2D eigenvalue weighted by Gasteiger charge is -2.23. The van der Waals surface area contributed by atoms with E-state index in [2.05, 4.69) is 5.10 Å². The van der Waals surface area contributed by atoms with Crippen LogP contribution in [0.5, 0.6) is 0 Å². The summed E-state index contributed by atoms with van der Waals surface area (Å²) in [5, 5.41) is 4.35. The van der Waals surface area contributed by atoms with Crippen LogP contribution in [0.2, 0.25) is 0 Å². The van der Waals surface area contributed by atoms with Crippen LogP contribution in [0.1, 0.15) is 17.4 Å². The summed E-state index contributed by atoms with van der Waals surface area (Å²) in [5.74, 6) is 0.218. The summed E-state index contributed by atoms with van der Waals surface area (Å²) in [6.07, 6.45) is 0. The molecule has 23 heavy (non-hydrogen) atoms. The Balaban J connectivity index is 1.84. The Hall–Kier alpha value is -2.73. The Morgan fingerprint density at radius 1 is 1.09 bits per heavy atom. The standard InChI is InChI=1S/C17H14FN3O2/c18-13-6-8-14(9-7-13)21-17(22)20-15(10-23-11-16(20)19-21)12-4-2-1-3-5-12/h1-9,15H,10-11H2/t15-/m0/s1. The molecule has 2 aromatic carbocycles. The van der Waals surface area contributed by atoms with E-state index in [0.717, 1.165) is 5.56 Å². The molecular weight excluding hydrogens is 297 g/mol. The monoisotopic (exact) mass is 311 g/mol. The average molecular weight is 311 g/mol. The minimum Gasteiger partial charge on any atom is -0.371 e. The molecule has 3 aromatic rings. The maximum absolute atomic E-state index is 13.1. The van der Waals surface area contributed by atoms with E-state index in [4.69, 9.17) is 4.74 Å². The molecule has 0 aliphatic carbocycles. The van der Waals surface area contributed by atoms with Gasteiger partial charge in [0, 0.05) is 0 Å². The van der Waals surface area contributed by atoms with E-state index in [1.165, 1.54) is 28.9 Å². The van der Waals surface area contributed by atoms with Gasteiger partial charge in [0.15, 0.2) is 5.82 Å². The van der Waals surface area contributed by atoms with Crippen molar-refractivity contribution in [3.63, 3.8) is 0 Å². The van der Waals surface area contributed by atoms with Crippen molar-refractivity contribution in [1.29, 1.82) is 0 Å². The van der Waals surface area contributed by atoms with Crippen molar-refractivity contribution in [3.05, 3.63) is 82.3 Å². The molecule has 0 spiro atoms.